The second-order valence-corrected chi connectivity index (χ2v) is 32.7. The van der Waals surface area contributed by atoms with Crippen LogP contribution in [0.4, 0.5) is 5.95 Å². The first kappa shape index (κ1) is 53.0. The van der Waals surface area contributed by atoms with Gasteiger partial charge in [0.1, 0.15) is 30.7 Å². The molecule has 2 aliphatic heterocycles. The van der Waals surface area contributed by atoms with Crippen molar-refractivity contribution in [2.75, 3.05) is 25.1 Å². The van der Waals surface area contributed by atoms with Gasteiger partial charge in [-0.3, -0.25) is 24.4 Å². The van der Waals surface area contributed by atoms with Crippen LogP contribution in [0.15, 0.2) is 35.6 Å². The van der Waals surface area contributed by atoms with Crippen molar-refractivity contribution in [3.8, 4) is 11.9 Å². The van der Waals surface area contributed by atoms with Crippen LogP contribution in [0.25, 0.3) is 11.0 Å². The molecule has 3 fully saturated rings. The van der Waals surface area contributed by atoms with Gasteiger partial charge in [-0.25, -0.2) is 9.97 Å². The summed E-state index contributed by atoms with van der Waals surface area (Å²) in [6.07, 6.45) is -0.775. The molecule has 2 unspecified atom stereocenters. The fraction of sp³-hybridized carbons (Fsp3) is 0.700. The van der Waals surface area contributed by atoms with Crippen molar-refractivity contribution in [1.82, 2.24) is 24.5 Å². The van der Waals surface area contributed by atoms with E-state index in [1.54, 1.807) is 42.9 Å². The molecule has 3 aromatic heterocycles. The molecular weight excluding hydrogens is 969 g/mol. The molecule has 3 aliphatic rings. The van der Waals surface area contributed by atoms with Gasteiger partial charge < -0.3 is 50.4 Å². The van der Waals surface area contributed by atoms with Gasteiger partial charge in [-0.15, -0.1) is 0 Å². The summed E-state index contributed by atoms with van der Waals surface area (Å²) >= 11 is 11.9. The number of amides is 1. The van der Waals surface area contributed by atoms with Crippen molar-refractivity contribution in [2.24, 2.45) is 11.8 Å². The number of fused-ring (bicyclic) bond motifs is 4. The summed E-state index contributed by atoms with van der Waals surface area (Å²) in [5.41, 5.74) is -1.37. The molecule has 5 heterocycles. The van der Waals surface area contributed by atoms with E-state index < -0.39 is 84.7 Å². The Morgan fingerprint density at radius 2 is 1.74 bits per heavy atom. The van der Waals surface area contributed by atoms with Crippen molar-refractivity contribution >= 4 is 77.1 Å². The molecule has 2 bridgehead atoms. The van der Waals surface area contributed by atoms with E-state index in [-0.39, 0.29) is 77.7 Å². The number of nitrogens with zero attached hydrogens (tertiary/aromatic N) is 5. The van der Waals surface area contributed by atoms with E-state index in [1.165, 1.54) is 6.33 Å². The first-order chi connectivity index (χ1) is 31.0. The van der Waals surface area contributed by atoms with Crippen LogP contribution in [-0.4, -0.2) is 108 Å². The van der Waals surface area contributed by atoms with Crippen molar-refractivity contribution < 1.29 is 55.1 Å². The lowest BCUT2D eigenvalue weighted by Crippen LogP contribution is -2.62. The maximum atomic E-state index is 13.5. The predicted octanol–water partition coefficient (Wildman–Crippen LogP) is 6.97. The number of nitriles is 1. The summed E-state index contributed by atoms with van der Waals surface area (Å²) in [4.78, 5) is 66.0. The van der Waals surface area contributed by atoms with Crippen LogP contribution in [0.1, 0.15) is 94.7 Å². The molecule has 9 atom stereocenters. The fourth-order valence-electron chi connectivity index (χ4n) is 8.42. The Labute approximate surface area is 397 Å². The topological polar surface area (TPSA) is 253 Å². The third kappa shape index (κ3) is 11.9. The zero-order chi connectivity index (χ0) is 48.4. The Bertz CT molecular complexity index is 2340. The van der Waals surface area contributed by atoms with Gasteiger partial charge >= 0.3 is 30.6 Å². The van der Waals surface area contributed by atoms with Gasteiger partial charge in [0.25, 0.3) is 5.56 Å². The van der Waals surface area contributed by atoms with E-state index in [0.29, 0.717) is 12.3 Å². The molecule has 26 heteroatoms. The fourth-order valence-corrected chi connectivity index (χ4v) is 22.0. The second-order valence-electron chi connectivity index (χ2n) is 18.3. The third-order valence-electron chi connectivity index (χ3n) is 12.1. The molecule has 366 valence electrons. The molecule has 0 radical (unpaired) electrons. The van der Waals surface area contributed by atoms with Gasteiger partial charge in [0.2, 0.25) is 17.7 Å². The number of anilines is 1. The number of hydrogen-bond acceptors (Lipinski definition) is 18. The predicted molar refractivity (Wildman–Crippen MR) is 256 cm³/mol. The summed E-state index contributed by atoms with van der Waals surface area (Å²) in [7, 11) is -7.18. The molecular formula is C40H63N7O13P2S2Si2. The lowest BCUT2D eigenvalue weighted by Gasteiger charge is -2.47. The number of ether oxygens (including phenoxy) is 2. The number of carbonyl (C=O) groups is 1. The highest BCUT2D eigenvalue weighted by Crippen LogP contribution is 2.58. The molecule has 4 N–H and O–H groups in total. The quantitative estimate of drug-likeness (QED) is 0.0642. The number of nitrogens with one attached hydrogen (secondary N) is 2. The molecule has 1 saturated carbocycles. The van der Waals surface area contributed by atoms with Gasteiger partial charge in [0, 0.05) is 36.7 Å². The second kappa shape index (κ2) is 21.7. The molecule has 0 spiro atoms. The molecule has 20 nitrogen and oxygen atoms in total. The van der Waals surface area contributed by atoms with E-state index in [4.69, 9.17) is 64.2 Å². The Balaban J connectivity index is 1.51. The minimum Gasteiger partial charge on any atom is -0.474 e. The summed E-state index contributed by atoms with van der Waals surface area (Å²) in [5.74, 6) is -1.01. The Morgan fingerprint density at radius 3 is 2.36 bits per heavy atom. The Hall–Kier alpha value is -2.41. The summed E-state index contributed by atoms with van der Waals surface area (Å²) in [6, 6.07) is 5.26. The van der Waals surface area contributed by atoms with Crippen LogP contribution in [0.5, 0.6) is 5.88 Å². The van der Waals surface area contributed by atoms with Crippen molar-refractivity contribution in [2.45, 2.75) is 147 Å². The average molecular weight is 1030 g/mol. The van der Waals surface area contributed by atoms with Crippen LogP contribution in [-0.2, 0) is 64.3 Å². The van der Waals surface area contributed by atoms with Crippen LogP contribution in [0.3, 0.4) is 0 Å². The van der Waals surface area contributed by atoms with Gasteiger partial charge in [-0.1, -0.05) is 69.2 Å². The lowest BCUT2D eigenvalue weighted by molar-refractivity contribution is -0.118. The maximum Gasteiger partial charge on any atom is 0.335 e. The first-order valence-corrected chi connectivity index (χ1v) is 31.3. The SMILES string of the molecule is CC(C)C(=O)Nc1nc2c(ccn2[C@@H]2O[C@@H]3COP(O)(=S)O[C@H]4C[C@H](Oc5ccncn5)C[C@@H]4COP(=S)(OCCC#N)O[C@@H]2[C@@H]3O[Si](O[Si](O)(C(C)C)C(C)C)(C(C)C)C(C)C)c(=O)[nH]1. The van der Waals surface area contributed by atoms with Gasteiger partial charge in [0.05, 0.1) is 43.8 Å². The zero-order valence-corrected chi connectivity index (χ0v) is 44.3. The standard InChI is InChI=1S/C40H63N7O13P2S2Si2/c1-23(2)37(48)45-40-44-36-30(38(49)46-40)13-16-47(36)39-35-34(59-66(26(7)8,27(9)10)60-65(51,24(3)4)25(5)6)32(56-39)21-53-61(50,63)57-31-19-29(55-33-12-15-42-22-43-33)18-28(31)20-54-62(64,58-35)52-17-11-14-41/h12-13,15-16,22-29,31-32,34-35,39,51H,11,17-21H2,1-10H3,(H,50,63)(H2,44,45,46,48,49)/t28-,29-,31+,32-,34-,35-,39-,61?,62?/m1/s1. The van der Waals surface area contributed by atoms with Gasteiger partial charge in [-0.05, 0) is 58.3 Å². The molecule has 1 amide bonds. The summed E-state index contributed by atoms with van der Waals surface area (Å²) in [6.45, 7) is 10.5. The van der Waals surface area contributed by atoms with Gasteiger partial charge in [-0.2, -0.15) is 10.2 Å². The van der Waals surface area contributed by atoms with E-state index in [2.05, 4.69) is 31.3 Å². The van der Waals surface area contributed by atoms with E-state index in [1.807, 2.05) is 55.4 Å². The minimum absolute atomic E-state index is 0.0401. The Morgan fingerprint density at radius 1 is 1.03 bits per heavy atom. The van der Waals surface area contributed by atoms with Crippen LogP contribution in [0.2, 0.25) is 22.2 Å². The van der Waals surface area contributed by atoms with Crippen LogP contribution >= 0.6 is 13.4 Å². The van der Waals surface area contributed by atoms with Gasteiger partial charge in [0.15, 0.2) is 11.9 Å². The highest BCUT2D eigenvalue weighted by Gasteiger charge is 2.60. The monoisotopic (exact) mass is 1030 g/mol. The number of rotatable bonds is 16. The average Bonchev–Trinajstić information content (AvgIpc) is 3.93. The molecule has 66 heavy (non-hydrogen) atoms. The number of aromatic nitrogens is 5. The Kier molecular flexibility index (Phi) is 17.4. The number of aromatic amines is 1. The molecule has 3 aromatic rings. The smallest absolute Gasteiger partial charge is 0.335 e. The van der Waals surface area contributed by atoms with E-state index >= 15 is 0 Å². The van der Waals surface area contributed by atoms with Crippen LogP contribution in [0, 0.1) is 23.2 Å². The number of carbonyl (C=O) groups excluding carboxylic acids is 1. The number of H-pyrrole nitrogens is 1. The maximum absolute atomic E-state index is 13.5. The molecule has 0 aromatic carbocycles. The summed E-state index contributed by atoms with van der Waals surface area (Å²) < 4.78 is 61.6. The highest BCUT2D eigenvalue weighted by molar-refractivity contribution is 8.07. The number of hydrogen-bond donors (Lipinski definition) is 4. The van der Waals surface area contributed by atoms with Crippen molar-refractivity contribution in [3.63, 3.8) is 0 Å². The molecule has 1 aliphatic carbocycles. The third-order valence-corrected chi connectivity index (χ3v) is 25.8. The highest BCUT2D eigenvalue weighted by atomic mass is 32.5. The molecule has 6 rings (SSSR count). The lowest BCUT2D eigenvalue weighted by atomic mass is 10.1. The minimum atomic E-state index is -4.07. The zero-order valence-electron chi connectivity index (χ0n) is 38.9. The van der Waals surface area contributed by atoms with Crippen LogP contribution < -0.4 is 15.6 Å². The van der Waals surface area contributed by atoms with Crippen molar-refractivity contribution in [1.29, 1.82) is 5.26 Å². The van der Waals surface area contributed by atoms with E-state index in [9.17, 15) is 24.5 Å². The van der Waals surface area contributed by atoms with Crippen molar-refractivity contribution in [3.05, 3.63) is 41.2 Å². The first-order valence-electron chi connectivity index (χ1n) is 22.2. The molecule has 2 saturated heterocycles. The largest absolute Gasteiger partial charge is 0.474 e. The van der Waals surface area contributed by atoms with E-state index in [0.717, 1.165) is 0 Å². The summed E-state index contributed by atoms with van der Waals surface area (Å²) in [5, 5.41) is 12.4. The normalized spacial score (nSPS) is 28.9.